The molecule has 0 spiro atoms. The van der Waals surface area contributed by atoms with Crippen molar-refractivity contribution in [2.75, 3.05) is 13.2 Å². The smallest absolute Gasteiger partial charge is 0.414 e. The molecule has 1 aliphatic rings. The van der Waals surface area contributed by atoms with Crippen LogP contribution in [0.15, 0.2) is 35.6 Å². The molecule has 0 atom stereocenters. The van der Waals surface area contributed by atoms with Gasteiger partial charge in [0.15, 0.2) is 0 Å². The molecule has 0 radical (unpaired) electrons. The highest BCUT2D eigenvalue weighted by atomic mass is 16.6. The van der Waals surface area contributed by atoms with Crippen LogP contribution in [0.5, 0.6) is 0 Å². The van der Waals surface area contributed by atoms with Crippen molar-refractivity contribution in [2.24, 2.45) is 0 Å². The average Bonchev–Trinajstić information content (AvgIpc) is 2.64. The Morgan fingerprint density at radius 1 is 1.36 bits per heavy atom. The second-order valence-electron chi connectivity index (χ2n) is 5.51. The number of hydrogen-bond acceptors (Lipinski definition) is 5. The summed E-state index contributed by atoms with van der Waals surface area (Å²) in [6.07, 6.45) is 5.79. The van der Waals surface area contributed by atoms with Gasteiger partial charge in [0, 0.05) is 18.3 Å². The summed E-state index contributed by atoms with van der Waals surface area (Å²) in [5.74, 6) is -0.681. The minimum absolute atomic E-state index is 0.0969. The molecule has 0 saturated carbocycles. The van der Waals surface area contributed by atoms with Gasteiger partial charge in [-0.3, -0.25) is 4.90 Å². The molecule has 0 unspecified atom stereocenters. The fourth-order valence-electron chi connectivity index (χ4n) is 1.63. The summed E-state index contributed by atoms with van der Waals surface area (Å²) in [5, 5.41) is 9.11. The van der Waals surface area contributed by atoms with E-state index in [9.17, 15) is 9.59 Å². The number of carbonyl (C=O) groups excluding carboxylic acids is 2. The first-order valence-corrected chi connectivity index (χ1v) is 6.94. The number of esters is 1. The number of nitriles is 1. The van der Waals surface area contributed by atoms with Crippen molar-refractivity contribution in [2.45, 2.75) is 33.3 Å². The molecule has 6 heteroatoms. The summed E-state index contributed by atoms with van der Waals surface area (Å²) < 4.78 is 10.1. The van der Waals surface area contributed by atoms with Gasteiger partial charge >= 0.3 is 12.1 Å². The second kappa shape index (κ2) is 7.46. The first-order chi connectivity index (χ1) is 10.3. The number of ether oxygens (including phenoxy) is 2. The first-order valence-electron chi connectivity index (χ1n) is 6.94. The van der Waals surface area contributed by atoms with E-state index in [-0.39, 0.29) is 18.7 Å². The lowest BCUT2D eigenvalue weighted by Crippen LogP contribution is -2.33. The van der Waals surface area contributed by atoms with Crippen LogP contribution in [0.1, 0.15) is 27.7 Å². The Balaban J connectivity index is 2.98. The van der Waals surface area contributed by atoms with Crippen LogP contribution >= 0.6 is 0 Å². The normalized spacial score (nSPS) is 16.6. The van der Waals surface area contributed by atoms with E-state index in [4.69, 9.17) is 14.7 Å². The maximum absolute atomic E-state index is 12.0. The van der Waals surface area contributed by atoms with Crippen LogP contribution in [-0.2, 0) is 14.3 Å². The molecule has 6 nitrogen and oxygen atoms in total. The Morgan fingerprint density at radius 2 is 2.05 bits per heavy atom. The van der Waals surface area contributed by atoms with Crippen LogP contribution in [-0.4, -0.2) is 35.7 Å². The lowest BCUT2D eigenvalue weighted by atomic mass is 10.1. The molecule has 0 fully saturated rings. The number of rotatable bonds is 2. The molecular formula is C16H20N2O4. The predicted octanol–water partition coefficient (Wildman–Crippen LogP) is 2.69. The minimum atomic E-state index is -0.681. The van der Waals surface area contributed by atoms with E-state index >= 15 is 0 Å². The predicted molar refractivity (Wildman–Crippen MR) is 80.5 cm³/mol. The zero-order valence-corrected chi connectivity index (χ0v) is 13.3. The van der Waals surface area contributed by atoms with Gasteiger partial charge in [0.2, 0.25) is 0 Å². The van der Waals surface area contributed by atoms with Crippen LogP contribution in [0.3, 0.4) is 0 Å². The highest BCUT2D eigenvalue weighted by Gasteiger charge is 2.21. The van der Waals surface area contributed by atoms with Crippen molar-refractivity contribution in [3.8, 4) is 6.07 Å². The summed E-state index contributed by atoms with van der Waals surface area (Å²) >= 11 is 0. The molecule has 0 aliphatic carbocycles. The molecule has 0 aromatic heterocycles. The minimum Gasteiger partial charge on any atom is -0.462 e. The van der Waals surface area contributed by atoms with E-state index in [1.165, 1.54) is 17.2 Å². The molecule has 0 aromatic rings. The molecule has 0 aromatic carbocycles. The average molecular weight is 304 g/mol. The monoisotopic (exact) mass is 304 g/mol. The van der Waals surface area contributed by atoms with Gasteiger partial charge in [0.05, 0.1) is 6.61 Å². The largest absolute Gasteiger partial charge is 0.462 e. The van der Waals surface area contributed by atoms with E-state index in [2.05, 4.69) is 0 Å². The molecule has 0 bridgehead atoms. The van der Waals surface area contributed by atoms with E-state index in [1.807, 2.05) is 6.07 Å². The number of hydrogen-bond donors (Lipinski definition) is 0. The maximum atomic E-state index is 12.0. The van der Waals surface area contributed by atoms with Gasteiger partial charge in [0.25, 0.3) is 0 Å². The van der Waals surface area contributed by atoms with Gasteiger partial charge in [-0.05, 0) is 33.8 Å². The number of carbonyl (C=O) groups is 2. The number of amides is 1. The molecule has 1 rings (SSSR count). The van der Waals surface area contributed by atoms with Gasteiger partial charge in [0.1, 0.15) is 17.2 Å². The lowest BCUT2D eigenvalue weighted by molar-refractivity contribution is -0.138. The quantitative estimate of drug-likeness (QED) is 0.445. The third-order valence-electron chi connectivity index (χ3n) is 2.54. The van der Waals surface area contributed by atoms with Crippen LogP contribution in [0.4, 0.5) is 4.79 Å². The first kappa shape index (κ1) is 17.5. The standard InChI is InChI=1S/C16H20N2O4/c1-5-21-14(19)13(11-17)12-7-6-9-18(10-8-12)15(20)22-16(2,3)4/h6-8,10H,5,9H2,1-4H3. The van der Waals surface area contributed by atoms with E-state index in [1.54, 1.807) is 39.8 Å². The van der Waals surface area contributed by atoms with Crippen molar-refractivity contribution in [3.63, 3.8) is 0 Å². The van der Waals surface area contributed by atoms with Crippen molar-refractivity contribution in [1.29, 1.82) is 5.26 Å². The molecule has 0 N–H and O–H groups in total. The number of allylic oxidation sites excluding steroid dienone is 3. The Bertz CT molecular complexity index is 574. The van der Waals surface area contributed by atoms with Gasteiger partial charge in [-0.25, -0.2) is 9.59 Å². The highest BCUT2D eigenvalue weighted by Crippen LogP contribution is 2.16. The summed E-state index contributed by atoms with van der Waals surface area (Å²) in [6, 6.07) is 1.83. The fraction of sp³-hybridized carbons (Fsp3) is 0.438. The molecule has 0 saturated heterocycles. The zero-order chi connectivity index (χ0) is 16.8. The van der Waals surface area contributed by atoms with Gasteiger partial charge in [-0.2, -0.15) is 5.26 Å². The molecule has 1 amide bonds. The third kappa shape index (κ3) is 5.09. The van der Waals surface area contributed by atoms with E-state index in [0.29, 0.717) is 5.57 Å². The molecule has 22 heavy (non-hydrogen) atoms. The third-order valence-corrected chi connectivity index (χ3v) is 2.54. The van der Waals surface area contributed by atoms with Crippen molar-refractivity contribution in [1.82, 2.24) is 4.90 Å². The summed E-state index contributed by atoms with van der Waals surface area (Å²) in [4.78, 5) is 25.1. The van der Waals surface area contributed by atoms with Gasteiger partial charge < -0.3 is 9.47 Å². The van der Waals surface area contributed by atoms with Gasteiger partial charge in [-0.15, -0.1) is 0 Å². The summed E-state index contributed by atoms with van der Waals surface area (Å²) in [5.41, 5.74) is -0.296. The Hall–Kier alpha value is -2.55. The SMILES string of the molecule is CCOC(=O)C(C#N)=C1C=CCN(C(=O)OC(C)(C)C)C=C1. The second-order valence-corrected chi connectivity index (χ2v) is 5.51. The van der Waals surface area contributed by atoms with Crippen LogP contribution < -0.4 is 0 Å². The zero-order valence-electron chi connectivity index (χ0n) is 13.3. The van der Waals surface area contributed by atoms with Crippen LogP contribution in [0, 0.1) is 11.3 Å². The van der Waals surface area contributed by atoms with Crippen molar-refractivity contribution in [3.05, 3.63) is 35.6 Å². The summed E-state index contributed by atoms with van der Waals surface area (Å²) in [7, 11) is 0. The Morgan fingerprint density at radius 3 is 2.59 bits per heavy atom. The van der Waals surface area contributed by atoms with E-state index < -0.39 is 17.7 Å². The Kier molecular flexibility index (Phi) is 5.93. The molecule has 1 aliphatic heterocycles. The molecule has 1 heterocycles. The van der Waals surface area contributed by atoms with E-state index in [0.717, 1.165) is 0 Å². The van der Waals surface area contributed by atoms with Crippen LogP contribution in [0.2, 0.25) is 0 Å². The fourth-order valence-corrected chi connectivity index (χ4v) is 1.63. The maximum Gasteiger partial charge on any atom is 0.414 e. The van der Waals surface area contributed by atoms with Crippen molar-refractivity contribution >= 4 is 12.1 Å². The molecule has 118 valence electrons. The number of nitrogens with zero attached hydrogens (tertiary/aromatic N) is 2. The molecular weight excluding hydrogens is 284 g/mol. The Labute approximate surface area is 130 Å². The van der Waals surface area contributed by atoms with Crippen molar-refractivity contribution < 1.29 is 19.1 Å². The lowest BCUT2D eigenvalue weighted by Gasteiger charge is -2.24. The topological polar surface area (TPSA) is 79.6 Å². The van der Waals surface area contributed by atoms with Crippen LogP contribution in [0.25, 0.3) is 0 Å². The van der Waals surface area contributed by atoms with Gasteiger partial charge in [-0.1, -0.05) is 12.2 Å². The highest BCUT2D eigenvalue weighted by molar-refractivity contribution is 5.95. The summed E-state index contributed by atoms with van der Waals surface area (Å²) in [6.45, 7) is 7.48.